The van der Waals surface area contributed by atoms with Crippen LogP contribution in [0.3, 0.4) is 0 Å². The van der Waals surface area contributed by atoms with Gasteiger partial charge in [0.1, 0.15) is 0 Å². The highest BCUT2D eigenvalue weighted by molar-refractivity contribution is 7.99. The van der Waals surface area contributed by atoms with E-state index in [0.717, 1.165) is 34.7 Å². The van der Waals surface area contributed by atoms with Crippen molar-refractivity contribution in [2.45, 2.75) is 55.8 Å². The van der Waals surface area contributed by atoms with Crippen molar-refractivity contribution in [3.05, 3.63) is 54.6 Å². The van der Waals surface area contributed by atoms with Crippen molar-refractivity contribution in [3.63, 3.8) is 0 Å². The first kappa shape index (κ1) is 22.5. The largest absolute Gasteiger partial charge is 0.316 e. The molecule has 8 heteroatoms. The molecule has 1 unspecified atom stereocenters. The molecule has 33 heavy (non-hydrogen) atoms. The number of anilines is 1. The zero-order valence-corrected chi connectivity index (χ0v) is 20.2. The second-order valence-corrected chi connectivity index (χ2v) is 12.2. The summed E-state index contributed by atoms with van der Waals surface area (Å²) < 4.78 is 26.6. The molecule has 2 fully saturated rings. The van der Waals surface area contributed by atoms with Crippen LogP contribution < -0.4 is 4.90 Å². The number of amides is 1. The summed E-state index contributed by atoms with van der Waals surface area (Å²) in [5.41, 5.74) is 2.84. The predicted octanol–water partition coefficient (Wildman–Crippen LogP) is 4.85. The number of rotatable bonds is 6. The molecule has 6 nitrogen and oxygen atoms in total. The fourth-order valence-corrected chi connectivity index (χ4v) is 7.78. The highest BCUT2D eigenvalue weighted by Crippen LogP contribution is 2.36. The van der Waals surface area contributed by atoms with E-state index in [1.165, 1.54) is 31.0 Å². The van der Waals surface area contributed by atoms with Gasteiger partial charge in [-0.25, -0.2) is 13.4 Å². The van der Waals surface area contributed by atoms with E-state index in [1.807, 2.05) is 48.5 Å². The molecule has 1 aliphatic carbocycles. The smallest absolute Gasteiger partial charge is 0.237 e. The monoisotopic (exact) mass is 483 g/mol. The Morgan fingerprint density at radius 2 is 1.73 bits per heavy atom. The number of imidazole rings is 1. The second-order valence-electron chi connectivity index (χ2n) is 8.99. The van der Waals surface area contributed by atoms with Gasteiger partial charge < -0.3 is 9.47 Å². The molecule has 2 aliphatic rings. The molecular formula is C25H29N3O3S2. The standard InChI is InChI=1S/C25H29N3O3S2/c29-24(27(19-9-3-1-4-10-19)21-15-16-33(30,31)18-21)17-32-25-26-22-13-7-8-14-23(22)28(25)20-11-5-2-6-12-20/h1,3-4,7-10,13-14,20-21H,2,5-6,11-12,15-18H2. The molecule has 1 amide bonds. The molecule has 1 saturated carbocycles. The van der Waals surface area contributed by atoms with Crippen molar-refractivity contribution < 1.29 is 13.2 Å². The molecule has 0 N–H and O–H groups in total. The van der Waals surface area contributed by atoms with E-state index in [9.17, 15) is 13.2 Å². The van der Waals surface area contributed by atoms with Crippen molar-refractivity contribution in [3.8, 4) is 0 Å². The second kappa shape index (κ2) is 9.50. The summed E-state index contributed by atoms with van der Waals surface area (Å²) in [6.45, 7) is 0. The molecule has 1 atom stereocenters. The van der Waals surface area contributed by atoms with Crippen molar-refractivity contribution in [2.75, 3.05) is 22.2 Å². The molecular weight excluding hydrogens is 454 g/mol. The number of nitrogens with zero attached hydrogens (tertiary/aromatic N) is 3. The van der Waals surface area contributed by atoms with Gasteiger partial charge in [-0.3, -0.25) is 4.79 Å². The lowest BCUT2D eigenvalue weighted by Gasteiger charge is -2.29. The van der Waals surface area contributed by atoms with Crippen LogP contribution in [-0.4, -0.2) is 47.2 Å². The van der Waals surface area contributed by atoms with E-state index >= 15 is 0 Å². The Hall–Kier alpha value is -2.32. The zero-order valence-electron chi connectivity index (χ0n) is 18.6. The van der Waals surface area contributed by atoms with Gasteiger partial charge in [-0.2, -0.15) is 0 Å². The SMILES string of the molecule is O=C(CSc1nc2ccccc2n1C1CCCCC1)N(c1ccccc1)C1CCS(=O)(=O)C1. The number of hydrogen-bond acceptors (Lipinski definition) is 5. The molecule has 0 bridgehead atoms. The first-order valence-corrected chi connectivity index (χ1v) is 14.5. The maximum Gasteiger partial charge on any atom is 0.237 e. The fraction of sp³-hybridized carbons (Fsp3) is 0.440. The number of para-hydroxylation sites is 3. The van der Waals surface area contributed by atoms with Crippen molar-refractivity contribution in [1.82, 2.24) is 9.55 Å². The summed E-state index contributed by atoms with van der Waals surface area (Å²) in [6, 6.07) is 17.7. The number of benzene rings is 2. The molecule has 174 valence electrons. The van der Waals surface area contributed by atoms with Crippen LogP contribution in [0.25, 0.3) is 11.0 Å². The lowest BCUT2D eigenvalue weighted by atomic mass is 9.95. The van der Waals surface area contributed by atoms with E-state index in [4.69, 9.17) is 4.98 Å². The summed E-state index contributed by atoms with van der Waals surface area (Å²) in [5, 5.41) is 0.878. The Morgan fingerprint density at radius 1 is 1.00 bits per heavy atom. The Balaban J connectivity index is 1.41. The van der Waals surface area contributed by atoms with Gasteiger partial charge in [0.25, 0.3) is 0 Å². The lowest BCUT2D eigenvalue weighted by Crippen LogP contribution is -2.42. The summed E-state index contributed by atoms with van der Waals surface area (Å²) in [7, 11) is -3.10. The van der Waals surface area contributed by atoms with Gasteiger partial charge in [0.05, 0.1) is 34.3 Å². The first-order chi connectivity index (χ1) is 16.0. The summed E-state index contributed by atoms with van der Waals surface area (Å²) in [4.78, 5) is 20.1. The molecule has 1 aromatic heterocycles. The summed E-state index contributed by atoms with van der Waals surface area (Å²) in [6.07, 6.45) is 6.47. The molecule has 2 heterocycles. The lowest BCUT2D eigenvalue weighted by molar-refractivity contribution is -0.116. The average molecular weight is 484 g/mol. The molecule has 3 aromatic rings. The minimum atomic E-state index is -3.10. The van der Waals surface area contributed by atoms with Crippen LogP contribution in [-0.2, 0) is 14.6 Å². The Kier molecular flexibility index (Phi) is 6.47. The Labute approximate surface area is 199 Å². The van der Waals surface area contributed by atoms with Crippen LogP contribution in [0, 0.1) is 0 Å². The number of hydrogen-bond donors (Lipinski definition) is 0. The van der Waals surface area contributed by atoms with Gasteiger partial charge >= 0.3 is 0 Å². The Bertz CT molecular complexity index is 1230. The highest BCUT2D eigenvalue weighted by Gasteiger charge is 2.35. The number of thioether (sulfide) groups is 1. The Morgan fingerprint density at radius 3 is 2.45 bits per heavy atom. The van der Waals surface area contributed by atoms with E-state index in [0.29, 0.717) is 12.5 Å². The third-order valence-electron chi connectivity index (χ3n) is 6.70. The third kappa shape index (κ3) is 4.82. The molecule has 1 saturated heterocycles. The van der Waals surface area contributed by atoms with Gasteiger partial charge in [-0.1, -0.05) is 61.4 Å². The van der Waals surface area contributed by atoms with Crippen LogP contribution in [0.15, 0.2) is 59.8 Å². The zero-order chi connectivity index (χ0) is 22.8. The number of fused-ring (bicyclic) bond motifs is 1. The maximum atomic E-state index is 13.5. The van der Waals surface area contributed by atoms with Crippen LogP contribution in [0.5, 0.6) is 0 Å². The quantitative estimate of drug-likeness (QED) is 0.469. The molecule has 0 spiro atoms. The predicted molar refractivity (Wildman–Crippen MR) is 134 cm³/mol. The molecule has 1 aliphatic heterocycles. The third-order valence-corrected chi connectivity index (χ3v) is 9.39. The number of carbonyl (C=O) groups is 1. The molecule has 2 aromatic carbocycles. The number of aromatic nitrogens is 2. The summed E-state index contributed by atoms with van der Waals surface area (Å²) in [5.74, 6) is 0.315. The van der Waals surface area contributed by atoms with Gasteiger partial charge in [0.15, 0.2) is 15.0 Å². The van der Waals surface area contributed by atoms with Gasteiger partial charge in [0, 0.05) is 11.7 Å². The van der Waals surface area contributed by atoms with Crippen molar-refractivity contribution in [2.24, 2.45) is 0 Å². The number of carbonyl (C=O) groups excluding carboxylic acids is 1. The van der Waals surface area contributed by atoms with Gasteiger partial charge in [0.2, 0.25) is 5.91 Å². The topological polar surface area (TPSA) is 72.3 Å². The molecule has 5 rings (SSSR count). The van der Waals surface area contributed by atoms with Gasteiger partial charge in [-0.15, -0.1) is 0 Å². The fourth-order valence-electron chi connectivity index (χ4n) is 5.14. The highest BCUT2D eigenvalue weighted by atomic mass is 32.2. The average Bonchev–Trinajstić information content (AvgIpc) is 3.38. The van der Waals surface area contributed by atoms with Crippen molar-refractivity contribution >= 4 is 44.2 Å². The minimum Gasteiger partial charge on any atom is -0.316 e. The van der Waals surface area contributed by atoms with E-state index in [-0.39, 0.29) is 29.2 Å². The van der Waals surface area contributed by atoms with E-state index < -0.39 is 9.84 Å². The first-order valence-electron chi connectivity index (χ1n) is 11.7. The van der Waals surface area contributed by atoms with Crippen LogP contribution in [0.1, 0.15) is 44.6 Å². The van der Waals surface area contributed by atoms with E-state index in [2.05, 4.69) is 10.6 Å². The molecule has 0 radical (unpaired) electrons. The van der Waals surface area contributed by atoms with Gasteiger partial charge in [-0.05, 0) is 43.5 Å². The van der Waals surface area contributed by atoms with Crippen LogP contribution in [0.2, 0.25) is 0 Å². The minimum absolute atomic E-state index is 0.0267. The normalized spacial score (nSPS) is 20.8. The summed E-state index contributed by atoms with van der Waals surface area (Å²) >= 11 is 1.47. The van der Waals surface area contributed by atoms with E-state index in [1.54, 1.807) is 4.90 Å². The van der Waals surface area contributed by atoms with Crippen LogP contribution >= 0.6 is 11.8 Å². The number of sulfone groups is 1. The van der Waals surface area contributed by atoms with Crippen LogP contribution in [0.4, 0.5) is 5.69 Å². The van der Waals surface area contributed by atoms with Crippen molar-refractivity contribution in [1.29, 1.82) is 0 Å². The maximum absolute atomic E-state index is 13.5.